The van der Waals surface area contributed by atoms with Crippen LogP contribution < -0.4 is 19.1 Å². The highest BCUT2D eigenvalue weighted by atomic mass is 35.5. The van der Waals surface area contributed by atoms with Gasteiger partial charge in [-0.1, -0.05) is 23.7 Å². The van der Waals surface area contributed by atoms with E-state index in [0.717, 1.165) is 10.9 Å². The van der Waals surface area contributed by atoms with Crippen molar-refractivity contribution in [1.82, 2.24) is 19.3 Å². The number of methoxy groups -OCH3 is 1. The van der Waals surface area contributed by atoms with Crippen molar-refractivity contribution in [3.63, 3.8) is 0 Å². The average Bonchev–Trinajstić information content (AvgIpc) is 3.75. The number of hydrogen-bond acceptors (Lipinski definition) is 7. The second-order valence-electron chi connectivity index (χ2n) is 10.7. The van der Waals surface area contributed by atoms with Crippen molar-refractivity contribution in [2.24, 2.45) is 7.05 Å². The topological polar surface area (TPSA) is 104 Å². The molecule has 1 amide bonds. The van der Waals surface area contributed by atoms with E-state index >= 15 is 0 Å². The van der Waals surface area contributed by atoms with Crippen molar-refractivity contribution < 1.29 is 24.1 Å². The number of fused-ring (bicyclic) bond motifs is 3. The molecule has 3 aromatic carbocycles. The zero-order valence-electron chi connectivity index (χ0n) is 23.5. The maximum Gasteiger partial charge on any atom is 0.280 e. The summed E-state index contributed by atoms with van der Waals surface area (Å²) in [6, 6.07) is 16.2. The van der Waals surface area contributed by atoms with Gasteiger partial charge in [-0.15, -0.1) is 0 Å². The SMILES string of the molecule is COc1cc2c(cnn2C)cc1-c1nc2c(n1C(C)C)[C@@](CO)(c1ccc(Cl)cc1)N(c1ccc3c(c1)OCO3)C2=O. The lowest BCUT2D eigenvalue weighted by Crippen LogP contribution is -2.49. The number of aromatic nitrogens is 4. The molecule has 0 saturated carbocycles. The van der Waals surface area contributed by atoms with Gasteiger partial charge in [0.2, 0.25) is 6.79 Å². The van der Waals surface area contributed by atoms with E-state index in [-0.39, 0.29) is 24.4 Å². The smallest absolute Gasteiger partial charge is 0.280 e. The van der Waals surface area contributed by atoms with Crippen molar-refractivity contribution in [2.45, 2.75) is 25.4 Å². The Balaban J connectivity index is 1.53. The fourth-order valence-corrected chi connectivity index (χ4v) is 6.30. The molecule has 2 aliphatic heterocycles. The van der Waals surface area contributed by atoms with E-state index in [2.05, 4.69) is 5.10 Å². The molecule has 214 valence electrons. The monoisotopic (exact) mass is 585 g/mol. The highest BCUT2D eigenvalue weighted by Crippen LogP contribution is 2.51. The number of aliphatic hydroxyl groups excluding tert-OH is 1. The first kappa shape index (κ1) is 26.4. The lowest BCUT2D eigenvalue weighted by molar-refractivity contribution is 0.0960. The summed E-state index contributed by atoms with van der Waals surface area (Å²) < 4.78 is 20.8. The molecule has 2 aliphatic rings. The molecule has 0 aliphatic carbocycles. The molecule has 2 aromatic heterocycles. The normalized spacial score (nSPS) is 17.5. The van der Waals surface area contributed by atoms with Crippen LogP contribution in [0.25, 0.3) is 22.3 Å². The number of ether oxygens (including phenoxy) is 3. The van der Waals surface area contributed by atoms with Crippen LogP contribution in [0.3, 0.4) is 0 Å². The summed E-state index contributed by atoms with van der Waals surface area (Å²) in [5.74, 6) is 1.92. The molecule has 1 atom stereocenters. The number of amides is 1. The van der Waals surface area contributed by atoms with Gasteiger partial charge in [-0.05, 0) is 49.7 Å². The summed E-state index contributed by atoms with van der Waals surface area (Å²) >= 11 is 6.29. The second kappa shape index (κ2) is 9.50. The molecule has 10 nitrogen and oxygen atoms in total. The minimum absolute atomic E-state index is 0.0989. The summed E-state index contributed by atoms with van der Waals surface area (Å²) in [6.07, 6.45) is 1.78. The number of aryl methyl sites for hydroxylation is 1. The molecular weight excluding hydrogens is 558 g/mol. The van der Waals surface area contributed by atoms with Gasteiger partial charge in [0, 0.05) is 41.3 Å². The van der Waals surface area contributed by atoms with Crippen molar-refractivity contribution in [3.8, 4) is 28.6 Å². The van der Waals surface area contributed by atoms with Gasteiger partial charge in [0.1, 0.15) is 17.1 Å². The maximum absolute atomic E-state index is 14.5. The standard InChI is InChI=1S/C31H28ClN5O5/c1-17(2)36-28-27(34-29(36)22-11-18-14-33-35(3)23(18)13-25(22)40-4)30(39)37(21-9-10-24-26(12-21)42-16-41-24)31(28,15-38)19-5-7-20(32)8-6-19/h5-14,17,38H,15-16H2,1-4H3/t31-/m1/s1. The Morgan fingerprint density at radius 3 is 2.57 bits per heavy atom. The molecular formula is C31H28ClN5O5. The Morgan fingerprint density at radius 2 is 1.86 bits per heavy atom. The number of aliphatic hydroxyl groups is 1. The quantitative estimate of drug-likeness (QED) is 0.288. The zero-order valence-corrected chi connectivity index (χ0v) is 24.2. The molecule has 11 heteroatoms. The molecule has 0 saturated heterocycles. The molecule has 0 unspecified atom stereocenters. The van der Waals surface area contributed by atoms with Crippen molar-refractivity contribution in [2.75, 3.05) is 25.4 Å². The minimum Gasteiger partial charge on any atom is -0.496 e. The number of hydrogen-bond donors (Lipinski definition) is 1. The van der Waals surface area contributed by atoms with Crippen LogP contribution in [0.5, 0.6) is 17.2 Å². The van der Waals surface area contributed by atoms with E-state index in [1.807, 2.05) is 49.7 Å². The summed E-state index contributed by atoms with van der Waals surface area (Å²) in [4.78, 5) is 21.1. The van der Waals surface area contributed by atoms with Crippen LogP contribution in [0, 0.1) is 0 Å². The van der Waals surface area contributed by atoms with Gasteiger partial charge in [0.05, 0.1) is 36.7 Å². The van der Waals surface area contributed by atoms with Gasteiger partial charge in [-0.25, -0.2) is 4.98 Å². The number of carbonyl (C=O) groups is 1. The van der Waals surface area contributed by atoms with E-state index in [4.69, 9.17) is 30.8 Å². The lowest BCUT2D eigenvalue weighted by atomic mass is 9.86. The van der Waals surface area contributed by atoms with Crippen LogP contribution in [0.15, 0.2) is 60.8 Å². The largest absolute Gasteiger partial charge is 0.496 e. The van der Waals surface area contributed by atoms with Crippen LogP contribution in [0.2, 0.25) is 5.02 Å². The van der Waals surface area contributed by atoms with Crippen LogP contribution >= 0.6 is 11.6 Å². The third kappa shape index (κ3) is 3.58. The van der Waals surface area contributed by atoms with Gasteiger partial charge in [-0.2, -0.15) is 5.10 Å². The summed E-state index contributed by atoms with van der Waals surface area (Å²) in [7, 11) is 3.48. The molecule has 0 spiro atoms. The Morgan fingerprint density at radius 1 is 1.10 bits per heavy atom. The summed E-state index contributed by atoms with van der Waals surface area (Å²) in [6.45, 7) is 3.73. The maximum atomic E-state index is 14.5. The predicted molar refractivity (Wildman–Crippen MR) is 158 cm³/mol. The van der Waals surface area contributed by atoms with E-state index in [0.29, 0.717) is 50.6 Å². The van der Waals surface area contributed by atoms with E-state index in [1.54, 1.807) is 53.2 Å². The van der Waals surface area contributed by atoms with Gasteiger partial charge in [0.15, 0.2) is 17.2 Å². The van der Waals surface area contributed by atoms with Crippen molar-refractivity contribution >= 4 is 34.1 Å². The third-order valence-electron chi connectivity index (χ3n) is 8.08. The van der Waals surface area contributed by atoms with Crippen LogP contribution in [0.1, 0.15) is 41.6 Å². The number of anilines is 1. The summed E-state index contributed by atoms with van der Waals surface area (Å²) in [5, 5.41) is 17.2. The number of benzene rings is 3. The number of rotatable bonds is 6. The van der Waals surface area contributed by atoms with Crippen molar-refractivity contribution in [3.05, 3.63) is 82.8 Å². The molecule has 4 heterocycles. The van der Waals surface area contributed by atoms with Gasteiger partial charge in [0.25, 0.3) is 5.91 Å². The fourth-order valence-electron chi connectivity index (χ4n) is 6.17. The highest BCUT2D eigenvalue weighted by molar-refractivity contribution is 6.30. The first-order chi connectivity index (χ1) is 20.3. The van der Waals surface area contributed by atoms with Crippen LogP contribution in [0.4, 0.5) is 5.69 Å². The zero-order chi connectivity index (χ0) is 29.3. The van der Waals surface area contributed by atoms with Crippen molar-refractivity contribution in [1.29, 1.82) is 0 Å². The molecule has 7 rings (SSSR count). The Bertz CT molecular complexity index is 1880. The minimum atomic E-state index is -1.33. The number of halogens is 1. The third-order valence-corrected chi connectivity index (χ3v) is 8.33. The number of nitrogens with zero attached hydrogens (tertiary/aromatic N) is 5. The van der Waals surface area contributed by atoms with Crippen LogP contribution in [-0.2, 0) is 12.6 Å². The second-order valence-corrected chi connectivity index (χ2v) is 11.1. The molecule has 1 N–H and O–H groups in total. The van der Waals surface area contributed by atoms with Crippen LogP contribution in [-0.4, -0.2) is 50.9 Å². The first-order valence-corrected chi connectivity index (χ1v) is 13.9. The Kier molecular flexibility index (Phi) is 5.96. The molecule has 0 radical (unpaired) electrons. The van der Waals surface area contributed by atoms with E-state index in [1.165, 1.54) is 0 Å². The number of imidazole rings is 1. The highest BCUT2D eigenvalue weighted by Gasteiger charge is 2.56. The molecule has 0 bridgehead atoms. The molecule has 42 heavy (non-hydrogen) atoms. The average molecular weight is 586 g/mol. The predicted octanol–water partition coefficient (Wildman–Crippen LogP) is 5.30. The summed E-state index contributed by atoms with van der Waals surface area (Å²) in [5.41, 5.74) is 2.33. The fraction of sp³-hybridized carbons (Fsp3) is 0.258. The van der Waals surface area contributed by atoms with E-state index < -0.39 is 12.1 Å². The number of carbonyl (C=O) groups excluding carboxylic acids is 1. The Labute approximate surface area is 246 Å². The van der Waals surface area contributed by atoms with Gasteiger partial charge < -0.3 is 23.9 Å². The Hall–Kier alpha value is -4.54. The van der Waals surface area contributed by atoms with E-state index in [9.17, 15) is 9.90 Å². The van der Waals surface area contributed by atoms with Gasteiger partial charge >= 0.3 is 0 Å². The molecule has 5 aromatic rings. The molecule has 0 fully saturated rings. The first-order valence-electron chi connectivity index (χ1n) is 13.5. The van der Waals surface area contributed by atoms with Gasteiger partial charge in [-0.3, -0.25) is 14.4 Å². The lowest BCUT2D eigenvalue weighted by Gasteiger charge is -2.39.